The second-order valence-corrected chi connectivity index (χ2v) is 3.54. The number of hydrogen-bond donors (Lipinski definition) is 1. The smallest absolute Gasteiger partial charge is 0.272 e. The minimum atomic E-state index is -0.579. The van der Waals surface area contributed by atoms with Crippen LogP contribution in [-0.2, 0) is 0 Å². The highest BCUT2D eigenvalue weighted by Gasteiger charge is 2.22. The monoisotopic (exact) mass is 227 g/mol. The van der Waals surface area contributed by atoms with Crippen molar-refractivity contribution >= 4 is 24.7 Å². The molecule has 0 bridgehead atoms. The Morgan fingerprint density at radius 2 is 1.82 bits per heavy atom. The lowest BCUT2D eigenvalue weighted by Gasteiger charge is -2.13. The zero-order valence-corrected chi connectivity index (χ0v) is 9.32. The molecule has 0 unspecified atom stereocenters. The van der Waals surface area contributed by atoms with Crippen molar-refractivity contribution in [3.8, 4) is 5.75 Å². The molecule has 4 nitrogen and oxygen atoms in total. The van der Waals surface area contributed by atoms with Gasteiger partial charge in [0, 0.05) is 5.69 Å². The molecule has 1 N–H and O–H groups in total. The molecule has 2 radical (unpaired) electrons. The van der Waals surface area contributed by atoms with Gasteiger partial charge in [-0.1, -0.05) is 17.6 Å². The molecular weight excluding hydrogens is 217 g/mol. The van der Waals surface area contributed by atoms with Crippen molar-refractivity contribution in [2.45, 2.75) is 6.92 Å². The zero-order valence-electron chi connectivity index (χ0n) is 9.32. The van der Waals surface area contributed by atoms with E-state index in [4.69, 9.17) is 12.6 Å². The summed E-state index contributed by atoms with van der Waals surface area (Å²) < 4.78 is 5.09. The van der Waals surface area contributed by atoms with Crippen LogP contribution in [0.2, 0.25) is 0 Å². The summed E-state index contributed by atoms with van der Waals surface area (Å²) >= 11 is 0. The third kappa shape index (κ3) is 2.09. The predicted molar refractivity (Wildman–Crippen MR) is 67.6 cm³/mol. The van der Waals surface area contributed by atoms with Crippen molar-refractivity contribution in [3.63, 3.8) is 0 Å². The van der Waals surface area contributed by atoms with Crippen LogP contribution in [0.4, 0.5) is 11.4 Å². The van der Waals surface area contributed by atoms with Crippen LogP contribution in [0.5, 0.6) is 5.75 Å². The largest absolute Gasteiger partial charge is 0.488 e. The van der Waals surface area contributed by atoms with Gasteiger partial charge >= 0.3 is 0 Å². The summed E-state index contributed by atoms with van der Waals surface area (Å²) in [6, 6.07) is 6.85. The summed E-state index contributed by atoms with van der Waals surface area (Å²) in [5, 5.41) is 2.85. The molecule has 0 amide bonds. The summed E-state index contributed by atoms with van der Waals surface area (Å²) in [5.74, 6) is 0.106. The maximum atomic E-state index is 11.3. The van der Waals surface area contributed by atoms with E-state index in [1.807, 2.05) is 0 Å². The molecular formula is C12H10BNO3. The van der Waals surface area contributed by atoms with Crippen LogP contribution in [0.3, 0.4) is 0 Å². The van der Waals surface area contributed by atoms with Gasteiger partial charge in [0.25, 0.3) is 10.9 Å². The Morgan fingerprint density at radius 3 is 2.41 bits per heavy atom. The minimum absolute atomic E-state index is 0.106. The van der Waals surface area contributed by atoms with Crippen LogP contribution in [0.15, 0.2) is 33.9 Å². The molecule has 84 valence electrons. The van der Waals surface area contributed by atoms with Gasteiger partial charge in [-0.2, -0.15) is 0 Å². The molecule has 2 aromatic carbocycles. The quantitative estimate of drug-likeness (QED) is 0.599. The van der Waals surface area contributed by atoms with Crippen LogP contribution >= 0.6 is 0 Å². The van der Waals surface area contributed by atoms with Crippen molar-refractivity contribution in [2.24, 2.45) is 0 Å². The first-order valence-electron chi connectivity index (χ1n) is 5.22. The molecule has 5 heteroatoms. The third-order valence-corrected chi connectivity index (χ3v) is 2.34. The van der Waals surface area contributed by atoms with E-state index in [9.17, 15) is 9.59 Å². The predicted octanol–water partition coefficient (Wildman–Crippen LogP) is 0.219. The molecule has 0 aliphatic carbocycles. The Labute approximate surface area is 99.3 Å². The summed E-state index contributed by atoms with van der Waals surface area (Å²) in [4.78, 5) is 22.6. The van der Waals surface area contributed by atoms with E-state index in [2.05, 4.69) is 5.32 Å². The fourth-order valence-corrected chi connectivity index (χ4v) is 1.48. The topological polar surface area (TPSA) is 55.4 Å². The molecule has 0 heterocycles. The van der Waals surface area contributed by atoms with Crippen LogP contribution in [0.25, 0.3) is 0 Å². The first-order valence-corrected chi connectivity index (χ1v) is 5.22. The maximum Gasteiger partial charge on any atom is 0.272 e. The number of rotatable bonds is 4. The first kappa shape index (κ1) is 11.5. The van der Waals surface area contributed by atoms with Crippen LogP contribution in [0.1, 0.15) is 6.92 Å². The number of benzene rings is 1. The summed E-state index contributed by atoms with van der Waals surface area (Å²) in [6.45, 7) is 2.10. The van der Waals surface area contributed by atoms with E-state index in [0.29, 0.717) is 17.8 Å². The number of hydrogen-bond acceptors (Lipinski definition) is 4. The minimum Gasteiger partial charge on any atom is -0.488 e. The van der Waals surface area contributed by atoms with Crippen molar-refractivity contribution in [2.75, 3.05) is 11.9 Å². The van der Waals surface area contributed by atoms with Gasteiger partial charge in [0.05, 0.1) is 6.61 Å². The number of ether oxygens (including phenoxy) is 1. The fraction of sp³-hybridized carbons (Fsp3) is 0.167. The fourth-order valence-electron chi connectivity index (χ4n) is 1.48. The summed E-state index contributed by atoms with van der Waals surface area (Å²) in [6.07, 6.45) is 0. The Morgan fingerprint density at radius 1 is 1.18 bits per heavy atom. The number of nitrogens with one attached hydrogen (secondary N) is 1. The van der Waals surface area contributed by atoms with Gasteiger partial charge in [-0.3, -0.25) is 9.59 Å². The van der Waals surface area contributed by atoms with Crippen molar-refractivity contribution in [1.82, 2.24) is 0 Å². The van der Waals surface area contributed by atoms with E-state index in [1.165, 1.54) is 0 Å². The van der Waals surface area contributed by atoms with Gasteiger partial charge in [0.15, 0.2) is 5.75 Å². The first-order chi connectivity index (χ1) is 8.13. The van der Waals surface area contributed by atoms with Crippen molar-refractivity contribution in [3.05, 3.63) is 44.7 Å². The lowest BCUT2D eigenvalue weighted by molar-refractivity contribution is 0.335. The van der Waals surface area contributed by atoms with Crippen LogP contribution in [-0.4, -0.2) is 14.5 Å². The standard InChI is InChI=1S/C12H10BNO3/c1-2-17-12-9(10(15)11(12)16)14-8-5-3-7(13)4-6-8/h3-6,14H,2H2,1H3. The van der Waals surface area contributed by atoms with E-state index in [1.54, 1.807) is 31.2 Å². The molecule has 0 fully saturated rings. The van der Waals surface area contributed by atoms with Gasteiger partial charge < -0.3 is 10.1 Å². The second kappa shape index (κ2) is 4.45. The Balaban J connectivity index is 2.25. The SMILES string of the molecule is [B]c1ccc(Nc2c(OCC)c(=O)c2=O)cc1. The van der Waals surface area contributed by atoms with Crippen molar-refractivity contribution in [1.29, 1.82) is 0 Å². The van der Waals surface area contributed by atoms with E-state index < -0.39 is 10.9 Å². The molecule has 0 saturated heterocycles. The molecule has 17 heavy (non-hydrogen) atoms. The molecule has 2 rings (SSSR count). The van der Waals surface area contributed by atoms with E-state index in [-0.39, 0.29) is 11.4 Å². The van der Waals surface area contributed by atoms with Crippen molar-refractivity contribution < 1.29 is 4.74 Å². The lowest BCUT2D eigenvalue weighted by Crippen LogP contribution is -2.35. The summed E-state index contributed by atoms with van der Waals surface area (Å²) in [5.41, 5.74) is 0.398. The molecule has 0 aliphatic rings. The third-order valence-electron chi connectivity index (χ3n) is 2.34. The zero-order chi connectivity index (χ0) is 12.4. The van der Waals surface area contributed by atoms with E-state index in [0.717, 1.165) is 0 Å². The molecule has 0 aliphatic heterocycles. The highest BCUT2D eigenvalue weighted by Crippen LogP contribution is 2.21. The van der Waals surface area contributed by atoms with Crippen LogP contribution in [0, 0.1) is 0 Å². The molecule has 0 saturated carbocycles. The second-order valence-electron chi connectivity index (χ2n) is 3.54. The number of anilines is 2. The van der Waals surface area contributed by atoms with Gasteiger partial charge in [-0.15, -0.1) is 0 Å². The highest BCUT2D eigenvalue weighted by atomic mass is 16.5. The molecule has 0 spiro atoms. The average Bonchev–Trinajstić information content (AvgIpc) is 2.35. The van der Waals surface area contributed by atoms with Crippen LogP contribution < -0.4 is 26.4 Å². The molecule has 2 aromatic rings. The highest BCUT2D eigenvalue weighted by molar-refractivity contribution is 6.32. The molecule has 0 aromatic heterocycles. The Kier molecular flexibility index (Phi) is 3.00. The Hall–Kier alpha value is -2.04. The van der Waals surface area contributed by atoms with E-state index >= 15 is 0 Å². The normalized spacial score (nSPS) is 10.4. The Bertz CT molecular complexity index is 597. The average molecular weight is 227 g/mol. The molecule has 0 atom stereocenters. The van der Waals surface area contributed by atoms with Gasteiger partial charge in [-0.25, -0.2) is 0 Å². The van der Waals surface area contributed by atoms with Gasteiger partial charge in [0.1, 0.15) is 13.5 Å². The van der Waals surface area contributed by atoms with Gasteiger partial charge in [-0.05, 0) is 19.1 Å². The van der Waals surface area contributed by atoms with Gasteiger partial charge in [0.2, 0.25) is 0 Å². The maximum absolute atomic E-state index is 11.3. The summed E-state index contributed by atoms with van der Waals surface area (Å²) in [7, 11) is 5.54. The lowest BCUT2D eigenvalue weighted by atomic mass is 9.96.